The van der Waals surface area contributed by atoms with E-state index in [2.05, 4.69) is 11.7 Å². The van der Waals surface area contributed by atoms with E-state index >= 15 is 0 Å². The van der Waals surface area contributed by atoms with Gasteiger partial charge >= 0.3 is 0 Å². The highest BCUT2D eigenvalue weighted by Gasteiger charge is 1.92. The molecule has 74 valence electrons. The minimum atomic E-state index is -0.351. The van der Waals surface area contributed by atoms with Crippen LogP contribution in [0.25, 0.3) is 0 Å². The molecule has 13 heavy (non-hydrogen) atoms. The molecule has 0 aliphatic heterocycles. The number of aliphatic hydroxyl groups excluding tert-OH is 1. The first-order valence-electron chi connectivity index (χ1n) is 4.36. The molecular formula is C10H16FNO. The van der Waals surface area contributed by atoms with Crippen LogP contribution in [0.5, 0.6) is 0 Å². The second kappa shape index (κ2) is 7.53. The Morgan fingerprint density at radius 3 is 2.69 bits per heavy atom. The van der Waals surface area contributed by atoms with Gasteiger partial charge in [0.05, 0.1) is 12.4 Å². The fourth-order valence-electron chi connectivity index (χ4n) is 0.773. The van der Waals surface area contributed by atoms with Crippen molar-refractivity contribution in [3.63, 3.8) is 0 Å². The third-order valence-electron chi connectivity index (χ3n) is 1.60. The van der Waals surface area contributed by atoms with Crippen LogP contribution in [0.3, 0.4) is 0 Å². The largest absolute Gasteiger partial charge is 0.512 e. The number of aliphatic imine (C=N–C) groups is 1. The fraction of sp³-hybridized carbons (Fsp3) is 0.500. The quantitative estimate of drug-likeness (QED) is 0.385. The molecule has 0 fully saturated rings. The number of rotatable bonds is 6. The number of allylic oxidation sites excluding steroid dienone is 4. The molecule has 0 spiro atoms. The highest BCUT2D eigenvalue weighted by molar-refractivity contribution is 5.30. The van der Waals surface area contributed by atoms with Gasteiger partial charge in [0, 0.05) is 12.1 Å². The van der Waals surface area contributed by atoms with Gasteiger partial charge in [-0.25, -0.2) is 0 Å². The summed E-state index contributed by atoms with van der Waals surface area (Å²) in [6, 6.07) is 0. The summed E-state index contributed by atoms with van der Waals surface area (Å²) in [6.07, 6.45) is 4.84. The zero-order valence-corrected chi connectivity index (χ0v) is 7.96. The first kappa shape index (κ1) is 11.9. The van der Waals surface area contributed by atoms with Gasteiger partial charge < -0.3 is 5.11 Å². The maximum absolute atomic E-state index is 11.8. The van der Waals surface area contributed by atoms with E-state index in [-0.39, 0.29) is 6.67 Å². The van der Waals surface area contributed by atoms with Crippen molar-refractivity contribution in [3.8, 4) is 0 Å². The van der Waals surface area contributed by atoms with Gasteiger partial charge in [-0.1, -0.05) is 6.92 Å². The Morgan fingerprint density at radius 2 is 2.23 bits per heavy atom. The van der Waals surface area contributed by atoms with Crippen molar-refractivity contribution in [1.29, 1.82) is 0 Å². The standard InChI is InChI=1S/C10H16FNO/c1-3-10(13)7-6-9(12-2)5-4-8-11/h6-7,13H,2-5,8H2,1H3/b9-6-,10-7+. The molecule has 0 bridgehead atoms. The van der Waals surface area contributed by atoms with Crippen LogP contribution >= 0.6 is 0 Å². The Kier molecular flexibility index (Phi) is 6.88. The van der Waals surface area contributed by atoms with Crippen molar-refractivity contribution in [2.75, 3.05) is 6.67 Å². The SMILES string of the molecule is C=N/C(=C\C=C(\O)CC)CCCF. The van der Waals surface area contributed by atoms with E-state index < -0.39 is 0 Å². The first-order chi connectivity index (χ1) is 6.24. The van der Waals surface area contributed by atoms with Crippen LogP contribution in [0.1, 0.15) is 26.2 Å². The van der Waals surface area contributed by atoms with Crippen LogP contribution in [0.2, 0.25) is 0 Å². The maximum atomic E-state index is 11.8. The maximum Gasteiger partial charge on any atom is 0.0920 e. The Hall–Kier alpha value is -1.12. The van der Waals surface area contributed by atoms with Crippen molar-refractivity contribution in [2.24, 2.45) is 4.99 Å². The van der Waals surface area contributed by atoms with Crippen LogP contribution in [0, 0.1) is 0 Å². The lowest BCUT2D eigenvalue weighted by atomic mass is 10.2. The summed E-state index contributed by atoms with van der Waals surface area (Å²) in [5, 5.41) is 9.11. The smallest absolute Gasteiger partial charge is 0.0920 e. The molecule has 0 saturated heterocycles. The summed E-state index contributed by atoms with van der Waals surface area (Å²) in [5.74, 6) is 0.293. The van der Waals surface area contributed by atoms with Gasteiger partial charge in [0.15, 0.2) is 0 Å². The molecule has 0 radical (unpaired) electrons. The van der Waals surface area contributed by atoms with E-state index in [1.807, 2.05) is 6.92 Å². The van der Waals surface area contributed by atoms with Gasteiger partial charge in [-0.15, -0.1) is 0 Å². The Balaban J connectivity index is 4.13. The average Bonchev–Trinajstić information content (AvgIpc) is 2.17. The Bertz CT molecular complexity index is 209. The third kappa shape index (κ3) is 6.08. The van der Waals surface area contributed by atoms with Gasteiger partial charge in [-0.05, 0) is 31.7 Å². The molecule has 1 N–H and O–H groups in total. The summed E-state index contributed by atoms with van der Waals surface area (Å²) in [6.45, 7) is 4.86. The van der Waals surface area contributed by atoms with E-state index in [9.17, 15) is 4.39 Å². The first-order valence-corrected chi connectivity index (χ1v) is 4.36. The minimum Gasteiger partial charge on any atom is -0.512 e. The van der Waals surface area contributed by atoms with Crippen molar-refractivity contribution in [1.82, 2.24) is 0 Å². The predicted octanol–water partition coefficient (Wildman–Crippen LogP) is 3.17. The van der Waals surface area contributed by atoms with Crippen molar-refractivity contribution in [2.45, 2.75) is 26.2 Å². The zero-order chi connectivity index (χ0) is 10.1. The van der Waals surface area contributed by atoms with Crippen LogP contribution in [0.4, 0.5) is 4.39 Å². The van der Waals surface area contributed by atoms with Crippen LogP contribution in [-0.4, -0.2) is 18.5 Å². The number of alkyl halides is 1. The van der Waals surface area contributed by atoms with Crippen LogP contribution < -0.4 is 0 Å². The highest BCUT2D eigenvalue weighted by atomic mass is 19.1. The molecular weight excluding hydrogens is 169 g/mol. The highest BCUT2D eigenvalue weighted by Crippen LogP contribution is 2.07. The number of hydrogen-bond donors (Lipinski definition) is 1. The molecule has 0 amide bonds. The van der Waals surface area contributed by atoms with Crippen molar-refractivity contribution < 1.29 is 9.50 Å². The molecule has 0 aliphatic carbocycles. The molecule has 0 heterocycles. The van der Waals surface area contributed by atoms with E-state index in [0.717, 1.165) is 0 Å². The van der Waals surface area contributed by atoms with Gasteiger partial charge in [-0.2, -0.15) is 0 Å². The van der Waals surface area contributed by atoms with Gasteiger partial charge in [0.25, 0.3) is 0 Å². The number of nitrogens with zero attached hydrogens (tertiary/aromatic N) is 1. The molecule has 0 unspecified atom stereocenters. The fourth-order valence-corrected chi connectivity index (χ4v) is 0.773. The number of hydrogen-bond acceptors (Lipinski definition) is 2. The zero-order valence-electron chi connectivity index (χ0n) is 7.96. The summed E-state index contributed by atoms with van der Waals surface area (Å²) < 4.78 is 11.8. The van der Waals surface area contributed by atoms with Gasteiger partial charge in [0.1, 0.15) is 0 Å². The minimum absolute atomic E-state index is 0.293. The van der Waals surface area contributed by atoms with E-state index in [4.69, 9.17) is 5.11 Å². The second-order valence-electron chi connectivity index (χ2n) is 2.62. The molecule has 0 saturated carbocycles. The average molecular weight is 185 g/mol. The molecule has 0 atom stereocenters. The summed E-state index contributed by atoms with van der Waals surface area (Å²) >= 11 is 0. The summed E-state index contributed by atoms with van der Waals surface area (Å²) in [4.78, 5) is 3.72. The van der Waals surface area contributed by atoms with Crippen molar-refractivity contribution in [3.05, 3.63) is 23.6 Å². The van der Waals surface area contributed by atoms with Gasteiger partial charge in [-0.3, -0.25) is 9.38 Å². The Labute approximate surface area is 78.5 Å². The lowest BCUT2D eigenvalue weighted by molar-refractivity contribution is 0.394. The molecule has 0 aromatic rings. The van der Waals surface area contributed by atoms with E-state index in [0.29, 0.717) is 30.7 Å². The topological polar surface area (TPSA) is 32.6 Å². The van der Waals surface area contributed by atoms with Gasteiger partial charge in [0.2, 0.25) is 0 Å². The molecule has 3 heteroatoms. The molecule has 0 aromatic carbocycles. The second-order valence-corrected chi connectivity index (χ2v) is 2.62. The Morgan fingerprint density at radius 1 is 1.54 bits per heavy atom. The lowest BCUT2D eigenvalue weighted by Crippen LogP contribution is -1.82. The predicted molar refractivity (Wildman–Crippen MR) is 53.8 cm³/mol. The third-order valence-corrected chi connectivity index (χ3v) is 1.60. The normalized spacial score (nSPS) is 13.1. The number of halogens is 1. The molecule has 0 rings (SSSR count). The molecule has 0 aliphatic rings. The molecule has 0 aromatic heterocycles. The van der Waals surface area contributed by atoms with E-state index in [1.54, 1.807) is 12.2 Å². The van der Waals surface area contributed by atoms with E-state index in [1.165, 1.54) is 0 Å². The number of aliphatic hydroxyl groups is 1. The summed E-state index contributed by atoms with van der Waals surface area (Å²) in [5.41, 5.74) is 0.706. The van der Waals surface area contributed by atoms with Crippen molar-refractivity contribution >= 4 is 6.72 Å². The van der Waals surface area contributed by atoms with Crippen LogP contribution in [0.15, 0.2) is 28.6 Å². The van der Waals surface area contributed by atoms with Crippen LogP contribution in [-0.2, 0) is 0 Å². The molecule has 2 nitrogen and oxygen atoms in total. The lowest BCUT2D eigenvalue weighted by Gasteiger charge is -1.96. The summed E-state index contributed by atoms with van der Waals surface area (Å²) in [7, 11) is 0. The monoisotopic (exact) mass is 185 g/mol.